The number of rotatable bonds is 7. The average molecular weight is 527 g/mol. The number of Topliss-reactive ketones (excluding diaryl/α,β-unsaturated/α-hetero) is 1. The normalized spacial score (nSPS) is 24.1. The Morgan fingerprint density at radius 2 is 1.26 bits per heavy atom. The van der Waals surface area contributed by atoms with Gasteiger partial charge in [-0.3, -0.25) is 14.6 Å². The van der Waals surface area contributed by atoms with Gasteiger partial charge in [-0.25, -0.2) is 4.79 Å². The van der Waals surface area contributed by atoms with Gasteiger partial charge in [-0.1, -0.05) is 12.1 Å². The SMILES string of the molecule is COc1ccc(/C=C(/C(=O)CC2CC(C)(C)N(C)C(C)(C)C2)C(=O)OC2CC(C)(C)N(C)C(C)(C)C2)cc1. The summed E-state index contributed by atoms with van der Waals surface area (Å²) in [6.07, 6.45) is 5.03. The number of esters is 1. The summed E-state index contributed by atoms with van der Waals surface area (Å²) in [6, 6.07) is 7.40. The molecule has 0 atom stereocenters. The predicted octanol–water partition coefficient (Wildman–Crippen LogP) is 6.13. The number of benzene rings is 1. The first kappa shape index (κ1) is 30.4. The highest BCUT2D eigenvalue weighted by molar-refractivity contribution is 6.20. The molecule has 6 heteroatoms. The van der Waals surface area contributed by atoms with E-state index in [0.29, 0.717) is 6.42 Å². The van der Waals surface area contributed by atoms with Crippen LogP contribution in [-0.4, -0.2) is 71.0 Å². The lowest BCUT2D eigenvalue weighted by atomic mass is 9.72. The summed E-state index contributed by atoms with van der Waals surface area (Å²) in [6.45, 7) is 17.6. The van der Waals surface area contributed by atoms with Gasteiger partial charge in [0, 0.05) is 41.4 Å². The molecule has 0 unspecified atom stereocenters. The fourth-order valence-electron chi connectivity index (χ4n) is 6.79. The summed E-state index contributed by atoms with van der Waals surface area (Å²) in [7, 11) is 5.91. The molecule has 2 saturated heterocycles. The molecule has 212 valence electrons. The number of hydrogen-bond acceptors (Lipinski definition) is 6. The van der Waals surface area contributed by atoms with E-state index in [1.807, 2.05) is 24.3 Å². The number of ether oxygens (including phenoxy) is 2. The van der Waals surface area contributed by atoms with E-state index >= 15 is 0 Å². The molecule has 0 aromatic heterocycles. The fourth-order valence-corrected chi connectivity index (χ4v) is 6.79. The Bertz CT molecular complexity index is 958. The molecule has 2 aliphatic rings. The molecule has 0 radical (unpaired) electrons. The minimum atomic E-state index is -0.515. The molecule has 3 rings (SSSR count). The van der Waals surface area contributed by atoms with Crippen molar-refractivity contribution in [2.24, 2.45) is 5.92 Å². The highest BCUT2D eigenvalue weighted by Crippen LogP contribution is 2.42. The maximum absolute atomic E-state index is 13.8. The summed E-state index contributed by atoms with van der Waals surface area (Å²) in [4.78, 5) is 32.3. The molecule has 0 spiro atoms. The second-order valence-corrected chi connectivity index (χ2v) is 14.0. The van der Waals surface area contributed by atoms with E-state index < -0.39 is 5.97 Å². The number of ketones is 1. The Morgan fingerprint density at radius 1 is 0.816 bits per heavy atom. The van der Waals surface area contributed by atoms with E-state index in [9.17, 15) is 9.59 Å². The van der Waals surface area contributed by atoms with E-state index in [4.69, 9.17) is 9.47 Å². The van der Waals surface area contributed by atoms with Gasteiger partial charge in [0.25, 0.3) is 0 Å². The van der Waals surface area contributed by atoms with Gasteiger partial charge < -0.3 is 9.47 Å². The third-order valence-corrected chi connectivity index (χ3v) is 9.36. The van der Waals surface area contributed by atoms with Crippen LogP contribution in [0, 0.1) is 5.92 Å². The third kappa shape index (κ3) is 6.69. The second kappa shape index (κ2) is 10.8. The van der Waals surface area contributed by atoms with E-state index in [1.54, 1.807) is 13.2 Å². The minimum absolute atomic E-state index is 0.0294. The zero-order valence-electron chi connectivity index (χ0n) is 25.6. The monoisotopic (exact) mass is 526 g/mol. The Kier molecular flexibility index (Phi) is 8.60. The molecule has 38 heavy (non-hydrogen) atoms. The van der Waals surface area contributed by atoms with Crippen molar-refractivity contribution in [3.63, 3.8) is 0 Å². The van der Waals surface area contributed by atoms with Crippen LogP contribution in [0.5, 0.6) is 5.75 Å². The quantitative estimate of drug-likeness (QED) is 0.184. The number of likely N-dealkylation sites (tertiary alicyclic amines) is 2. The van der Waals surface area contributed by atoms with E-state index in [2.05, 4.69) is 79.3 Å². The molecule has 2 fully saturated rings. The predicted molar refractivity (Wildman–Crippen MR) is 154 cm³/mol. The molecule has 1 aromatic rings. The number of carbonyl (C=O) groups excluding carboxylic acids is 2. The molecule has 2 heterocycles. The van der Waals surface area contributed by atoms with Crippen LogP contribution in [0.2, 0.25) is 0 Å². The smallest absolute Gasteiger partial charge is 0.342 e. The van der Waals surface area contributed by atoms with Crippen LogP contribution in [0.15, 0.2) is 29.8 Å². The maximum Gasteiger partial charge on any atom is 0.342 e. The van der Waals surface area contributed by atoms with Crippen LogP contribution in [0.3, 0.4) is 0 Å². The van der Waals surface area contributed by atoms with Gasteiger partial charge in [-0.15, -0.1) is 0 Å². The lowest BCUT2D eigenvalue weighted by Crippen LogP contribution is -2.60. The van der Waals surface area contributed by atoms with Gasteiger partial charge in [0.1, 0.15) is 17.4 Å². The van der Waals surface area contributed by atoms with Crippen LogP contribution in [0.1, 0.15) is 93.1 Å². The van der Waals surface area contributed by atoms with Gasteiger partial charge in [0.05, 0.1) is 7.11 Å². The first-order chi connectivity index (χ1) is 17.4. The molecule has 0 bridgehead atoms. The Hall–Kier alpha value is -2.18. The third-order valence-electron chi connectivity index (χ3n) is 9.36. The molecule has 2 aliphatic heterocycles. The Morgan fingerprint density at radius 3 is 1.71 bits per heavy atom. The first-order valence-corrected chi connectivity index (χ1v) is 14.0. The van der Waals surface area contributed by atoms with Crippen molar-refractivity contribution in [2.45, 2.75) is 116 Å². The Balaban J connectivity index is 1.88. The highest BCUT2D eigenvalue weighted by Gasteiger charge is 2.46. The number of piperidine rings is 2. The van der Waals surface area contributed by atoms with E-state index in [-0.39, 0.29) is 45.5 Å². The van der Waals surface area contributed by atoms with Crippen LogP contribution in [0.4, 0.5) is 0 Å². The summed E-state index contributed by atoms with van der Waals surface area (Å²) >= 11 is 0. The minimum Gasteiger partial charge on any atom is -0.497 e. The van der Waals surface area contributed by atoms with Gasteiger partial charge in [0.15, 0.2) is 5.78 Å². The lowest BCUT2D eigenvalue weighted by molar-refractivity contribution is -0.154. The molecular formula is C32H50N2O4. The van der Waals surface area contributed by atoms with Gasteiger partial charge in [-0.2, -0.15) is 0 Å². The van der Waals surface area contributed by atoms with E-state index in [0.717, 1.165) is 37.0 Å². The molecular weight excluding hydrogens is 476 g/mol. The Labute approximate surface area is 230 Å². The van der Waals surface area contributed by atoms with Gasteiger partial charge in [0.2, 0.25) is 0 Å². The topological polar surface area (TPSA) is 59.1 Å². The fraction of sp³-hybridized carbons (Fsp3) is 0.688. The molecule has 0 amide bonds. The zero-order chi connectivity index (χ0) is 28.7. The largest absolute Gasteiger partial charge is 0.497 e. The van der Waals surface area contributed by atoms with Crippen LogP contribution in [0.25, 0.3) is 6.08 Å². The molecule has 0 aliphatic carbocycles. The van der Waals surface area contributed by atoms with Crippen LogP contribution >= 0.6 is 0 Å². The molecule has 0 N–H and O–H groups in total. The number of hydrogen-bond donors (Lipinski definition) is 0. The van der Waals surface area contributed by atoms with Crippen molar-refractivity contribution >= 4 is 17.8 Å². The van der Waals surface area contributed by atoms with Crippen molar-refractivity contribution in [1.29, 1.82) is 0 Å². The van der Waals surface area contributed by atoms with Crippen LogP contribution < -0.4 is 4.74 Å². The van der Waals surface area contributed by atoms with Crippen molar-refractivity contribution < 1.29 is 19.1 Å². The molecule has 0 saturated carbocycles. The number of carbonyl (C=O) groups is 2. The van der Waals surface area contributed by atoms with Crippen molar-refractivity contribution in [3.8, 4) is 5.75 Å². The van der Waals surface area contributed by atoms with Crippen LogP contribution in [-0.2, 0) is 14.3 Å². The maximum atomic E-state index is 13.8. The summed E-state index contributed by atoms with van der Waals surface area (Å²) in [5, 5.41) is 0. The summed E-state index contributed by atoms with van der Waals surface area (Å²) in [5.74, 6) is 0.262. The average Bonchev–Trinajstić information content (AvgIpc) is 2.78. The lowest BCUT2D eigenvalue weighted by Gasteiger charge is -2.53. The first-order valence-electron chi connectivity index (χ1n) is 14.0. The highest BCUT2D eigenvalue weighted by atomic mass is 16.5. The number of methoxy groups -OCH3 is 1. The second-order valence-electron chi connectivity index (χ2n) is 14.0. The summed E-state index contributed by atoms with van der Waals surface area (Å²) < 4.78 is 11.4. The zero-order valence-corrected chi connectivity index (χ0v) is 25.6. The standard InChI is InChI=1S/C32H50N2O4/c1-29(2)18-23(19-30(3,4)33(29)9)17-27(35)26(16-22-12-14-24(37-11)15-13-22)28(36)38-25-20-31(5,6)34(10)32(7,8)21-25/h12-16,23,25H,17-21H2,1-11H3/b26-16-. The molecule has 1 aromatic carbocycles. The van der Waals surface area contributed by atoms with E-state index in [1.165, 1.54) is 0 Å². The number of nitrogens with zero attached hydrogens (tertiary/aromatic N) is 2. The van der Waals surface area contributed by atoms with Crippen molar-refractivity contribution in [2.75, 3.05) is 21.2 Å². The van der Waals surface area contributed by atoms with Gasteiger partial charge >= 0.3 is 5.97 Å². The van der Waals surface area contributed by atoms with Crippen molar-refractivity contribution in [3.05, 3.63) is 35.4 Å². The van der Waals surface area contributed by atoms with Gasteiger partial charge in [-0.05, 0) is 112 Å². The molecule has 6 nitrogen and oxygen atoms in total. The van der Waals surface area contributed by atoms with Crippen molar-refractivity contribution in [1.82, 2.24) is 9.80 Å². The summed E-state index contributed by atoms with van der Waals surface area (Å²) in [5.41, 5.74) is 0.610.